The molecule has 0 bridgehead atoms. The molecule has 1 aliphatic heterocycles. The Balaban J connectivity index is 1.93. The Labute approximate surface area is 98.0 Å². The van der Waals surface area contributed by atoms with Crippen LogP contribution in [0.2, 0.25) is 0 Å². The molecule has 0 atom stereocenters. The van der Waals surface area contributed by atoms with Gasteiger partial charge in [-0.05, 0) is 37.1 Å². The summed E-state index contributed by atoms with van der Waals surface area (Å²) in [6.07, 6.45) is -1.94. The Bertz CT molecular complexity index is 355. The van der Waals surface area contributed by atoms with Gasteiger partial charge < -0.3 is 9.64 Å². The molecule has 5 heteroatoms. The molecule has 1 fully saturated rings. The maximum atomic E-state index is 11.9. The molecule has 0 N–H and O–H groups in total. The lowest BCUT2D eigenvalue weighted by Gasteiger charge is -2.18. The van der Waals surface area contributed by atoms with E-state index in [1.165, 1.54) is 12.8 Å². The number of ether oxygens (including phenoxy) is 1. The highest BCUT2D eigenvalue weighted by Gasteiger charge is 2.28. The molecule has 2 rings (SSSR count). The lowest BCUT2D eigenvalue weighted by molar-refractivity contribution is -0.153. The Morgan fingerprint density at radius 1 is 1.06 bits per heavy atom. The van der Waals surface area contributed by atoms with Crippen LogP contribution in [0, 0.1) is 0 Å². The van der Waals surface area contributed by atoms with E-state index in [9.17, 15) is 13.2 Å². The quantitative estimate of drug-likeness (QED) is 0.810. The van der Waals surface area contributed by atoms with Gasteiger partial charge in [0.1, 0.15) is 5.75 Å². The number of hydrogen-bond donors (Lipinski definition) is 0. The maximum absolute atomic E-state index is 11.9. The van der Waals surface area contributed by atoms with Crippen molar-refractivity contribution in [3.63, 3.8) is 0 Å². The fourth-order valence-electron chi connectivity index (χ4n) is 1.89. The minimum absolute atomic E-state index is 0.255. The van der Waals surface area contributed by atoms with Crippen molar-refractivity contribution in [2.75, 3.05) is 24.6 Å². The molecule has 1 aliphatic rings. The molecule has 0 radical (unpaired) electrons. The van der Waals surface area contributed by atoms with Crippen molar-refractivity contribution in [2.24, 2.45) is 0 Å². The zero-order chi connectivity index (χ0) is 12.3. The fraction of sp³-hybridized carbons (Fsp3) is 0.500. The molecule has 0 aromatic heterocycles. The molecular weight excluding hydrogens is 231 g/mol. The molecular formula is C12H14F3NO. The number of alkyl halides is 3. The topological polar surface area (TPSA) is 12.5 Å². The van der Waals surface area contributed by atoms with E-state index < -0.39 is 12.8 Å². The first-order valence-corrected chi connectivity index (χ1v) is 5.59. The van der Waals surface area contributed by atoms with Crippen LogP contribution in [0.25, 0.3) is 0 Å². The van der Waals surface area contributed by atoms with Crippen molar-refractivity contribution in [2.45, 2.75) is 19.0 Å². The molecule has 0 spiro atoms. The Morgan fingerprint density at radius 3 is 2.18 bits per heavy atom. The van der Waals surface area contributed by atoms with E-state index in [4.69, 9.17) is 0 Å². The lowest BCUT2D eigenvalue weighted by Crippen LogP contribution is -2.19. The first-order chi connectivity index (χ1) is 8.04. The standard InChI is InChI=1S/C12H14F3NO/c13-12(14,15)9-17-11-5-3-10(4-6-11)16-7-1-2-8-16/h3-6H,1-2,7-9H2. The van der Waals surface area contributed by atoms with Gasteiger partial charge in [-0.25, -0.2) is 0 Å². The third-order valence-corrected chi connectivity index (χ3v) is 2.71. The number of anilines is 1. The predicted molar refractivity (Wildman–Crippen MR) is 59.4 cm³/mol. The van der Waals surface area contributed by atoms with E-state index in [2.05, 4.69) is 9.64 Å². The molecule has 1 aromatic rings. The third-order valence-electron chi connectivity index (χ3n) is 2.71. The molecule has 0 unspecified atom stereocenters. The van der Waals surface area contributed by atoms with Crippen molar-refractivity contribution >= 4 is 5.69 Å². The highest BCUT2D eigenvalue weighted by atomic mass is 19.4. The van der Waals surface area contributed by atoms with Crippen LogP contribution in [0.5, 0.6) is 5.75 Å². The van der Waals surface area contributed by atoms with Crippen LogP contribution in [0.15, 0.2) is 24.3 Å². The second kappa shape index (κ2) is 4.85. The number of nitrogens with zero attached hydrogens (tertiary/aromatic N) is 1. The molecule has 0 aliphatic carbocycles. The van der Waals surface area contributed by atoms with Crippen molar-refractivity contribution in [3.05, 3.63) is 24.3 Å². The first kappa shape index (κ1) is 12.1. The Kier molecular flexibility index (Phi) is 3.45. The molecule has 0 saturated carbocycles. The summed E-state index contributed by atoms with van der Waals surface area (Å²) in [5.41, 5.74) is 1.04. The van der Waals surface area contributed by atoms with Crippen LogP contribution >= 0.6 is 0 Å². The van der Waals surface area contributed by atoms with Gasteiger partial charge in [-0.1, -0.05) is 0 Å². The smallest absolute Gasteiger partial charge is 0.422 e. The minimum Gasteiger partial charge on any atom is -0.484 e. The monoisotopic (exact) mass is 245 g/mol. The van der Waals surface area contributed by atoms with Crippen molar-refractivity contribution in [3.8, 4) is 5.75 Å². The van der Waals surface area contributed by atoms with Crippen LogP contribution < -0.4 is 9.64 Å². The summed E-state index contributed by atoms with van der Waals surface area (Å²) in [6, 6.07) is 6.77. The van der Waals surface area contributed by atoms with Gasteiger partial charge in [-0.2, -0.15) is 13.2 Å². The van der Waals surface area contributed by atoms with Gasteiger partial charge in [-0.15, -0.1) is 0 Å². The molecule has 1 aromatic carbocycles. The highest BCUT2D eigenvalue weighted by molar-refractivity contribution is 5.49. The third kappa shape index (κ3) is 3.54. The van der Waals surface area contributed by atoms with E-state index in [0.717, 1.165) is 18.8 Å². The van der Waals surface area contributed by atoms with Gasteiger partial charge in [0.15, 0.2) is 6.61 Å². The first-order valence-electron chi connectivity index (χ1n) is 5.59. The molecule has 0 amide bonds. The van der Waals surface area contributed by atoms with Crippen molar-refractivity contribution in [1.29, 1.82) is 0 Å². The summed E-state index contributed by atoms with van der Waals surface area (Å²) in [6.45, 7) is 0.793. The van der Waals surface area contributed by atoms with Gasteiger partial charge >= 0.3 is 6.18 Å². The molecule has 1 saturated heterocycles. The molecule has 2 nitrogen and oxygen atoms in total. The van der Waals surface area contributed by atoms with Gasteiger partial charge in [0.05, 0.1) is 0 Å². The van der Waals surface area contributed by atoms with Crippen LogP contribution in [-0.2, 0) is 0 Å². The van der Waals surface area contributed by atoms with E-state index in [-0.39, 0.29) is 5.75 Å². The van der Waals surface area contributed by atoms with Gasteiger partial charge in [0.25, 0.3) is 0 Å². The molecule has 1 heterocycles. The molecule has 17 heavy (non-hydrogen) atoms. The number of rotatable bonds is 3. The number of hydrogen-bond acceptors (Lipinski definition) is 2. The zero-order valence-corrected chi connectivity index (χ0v) is 9.33. The van der Waals surface area contributed by atoms with Gasteiger partial charge in [0.2, 0.25) is 0 Å². The Hall–Kier alpha value is -1.39. The minimum atomic E-state index is -4.28. The lowest BCUT2D eigenvalue weighted by atomic mass is 10.3. The van der Waals surface area contributed by atoms with E-state index >= 15 is 0 Å². The van der Waals surface area contributed by atoms with E-state index in [0.29, 0.717) is 0 Å². The average Bonchev–Trinajstić information content (AvgIpc) is 2.79. The van der Waals surface area contributed by atoms with Gasteiger partial charge in [-0.3, -0.25) is 0 Å². The largest absolute Gasteiger partial charge is 0.484 e. The van der Waals surface area contributed by atoms with Crippen LogP contribution in [0.3, 0.4) is 0 Å². The maximum Gasteiger partial charge on any atom is 0.422 e. The van der Waals surface area contributed by atoms with Crippen molar-refractivity contribution in [1.82, 2.24) is 0 Å². The highest BCUT2D eigenvalue weighted by Crippen LogP contribution is 2.24. The second-order valence-electron chi connectivity index (χ2n) is 4.09. The average molecular weight is 245 g/mol. The van der Waals surface area contributed by atoms with Crippen LogP contribution in [0.1, 0.15) is 12.8 Å². The number of benzene rings is 1. The number of halogens is 3. The summed E-state index contributed by atoms with van der Waals surface area (Å²) in [4.78, 5) is 2.22. The van der Waals surface area contributed by atoms with E-state index in [1.54, 1.807) is 24.3 Å². The summed E-state index contributed by atoms with van der Waals surface area (Å²) in [5.74, 6) is 0.255. The Morgan fingerprint density at radius 2 is 1.65 bits per heavy atom. The second-order valence-corrected chi connectivity index (χ2v) is 4.09. The predicted octanol–water partition coefficient (Wildman–Crippen LogP) is 3.23. The zero-order valence-electron chi connectivity index (χ0n) is 9.33. The summed E-state index contributed by atoms with van der Waals surface area (Å²) in [5, 5.41) is 0. The summed E-state index contributed by atoms with van der Waals surface area (Å²) >= 11 is 0. The summed E-state index contributed by atoms with van der Waals surface area (Å²) in [7, 11) is 0. The normalized spacial score (nSPS) is 16.3. The van der Waals surface area contributed by atoms with Crippen LogP contribution in [0.4, 0.5) is 18.9 Å². The SMILES string of the molecule is FC(F)(F)COc1ccc(N2CCCC2)cc1. The molecule has 94 valence electrons. The fourth-order valence-corrected chi connectivity index (χ4v) is 1.89. The van der Waals surface area contributed by atoms with Crippen molar-refractivity contribution < 1.29 is 17.9 Å². The van der Waals surface area contributed by atoms with Crippen LogP contribution in [-0.4, -0.2) is 25.9 Å². The van der Waals surface area contributed by atoms with E-state index in [1.807, 2.05) is 0 Å². The van der Waals surface area contributed by atoms with Gasteiger partial charge in [0, 0.05) is 18.8 Å². The summed E-state index contributed by atoms with van der Waals surface area (Å²) < 4.78 is 40.4.